The van der Waals surface area contributed by atoms with Crippen molar-refractivity contribution in [3.8, 4) is 6.07 Å². The average molecular weight is 295 g/mol. The van der Waals surface area contributed by atoms with Gasteiger partial charge in [0.1, 0.15) is 11.8 Å². The van der Waals surface area contributed by atoms with Gasteiger partial charge in [0.15, 0.2) is 0 Å². The van der Waals surface area contributed by atoms with Crippen LogP contribution in [0.5, 0.6) is 0 Å². The number of aromatic nitrogens is 2. The highest BCUT2D eigenvalue weighted by atomic mass is 16.1. The number of hydrogen-bond acceptors (Lipinski definition) is 5. The van der Waals surface area contributed by atoms with Gasteiger partial charge < -0.3 is 10.6 Å². The molecule has 0 bridgehead atoms. The molecule has 0 atom stereocenters. The number of para-hydroxylation sites is 1. The highest BCUT2D eigenvalue weighted by molar-refractivity contribution is 5.92. The van der Waals surface area contributed by atoms with E-state index in [2.05, 4.69) is 26.7 Å². The molecule has 6 heteroatoms. The highest BCUT2D eigenvalue weighted by Crippen LogP contribution is 2.18. The molecule has 2 rings (SSSR count). The minimum Gasteiger partial charge on any atom is -0.351 e. The van der Waals surface area contributed by atoms with Crippen LogP contribution in [-0.2, 0) is 0 Å². The van der Waals surface area contributed by atoms with E-state index < -0.39 is 0 Å². The molecule has 0 saturated heterocycles. The Morgan fingerprint density at radius 3 is 2.82 bits per heavy atom. The zero-order chi connectivity index (χ0) is 15.9. The summed E-state index contributed by atoms with van der Waals surface area (Å²) in [5.41, 5.74) is 2.08. The largest absolute Gasteiger partial charge is 0.351 e. The minimum atomic E-state index is -0.232. The van der Waals surface area contributed by atoms with Gasteiger partial charge in [-0.05, 0) is 31.5 Å². The monoisotopic (exact) mass is 295 g/mol. The molecule has 0 fully saturated rings. The maximum absolute atomic E-state index is 12.0. The van der Waals surface area contributed by atoms with Gasteiger partial charge in [0.2, 0.25) is 5.95 Å². The molecule has 22 heavy (non-hydrogen) atoms. The Bertz CT molecular complexity index is 721. The summed E-state index contributed by atoms with van der Waals surface area (Å²) < 4.78 is 0. The molecule has 6 nitrogen and oxygen atoms in total. The number of aryl methyl sites for hydroxylation is 1. The van der Waals surface area contributed by atoms with Crippen molar-refractivity contribution in [2.75, 3.05) is 11.9 Å². The lowest BCUT2D eigenvalue weighted by molar-refractivity contribution is 0.0948. The molecule has 0 aliphatic carbocycles. The van der Waals surface area contributed by atoms with E-state index in [-0.39, 0.29) is 5.91 Å². The molecular weight excluding hydrogens is 278 g/mol. The van der Waals surface area contributed by atoms with Crippen LogP contribution >= 0.6 is 0 Å². The number of carbonyl (C=O) groups is 1. The van der Waals surface area contributed by atoms with E-state index in [0.717, 1.165) is 6.42 Å². The van der Waals surface area contributed by atoms with Crippen LogP contribution in [0.4, 0.5) is 11.6 Å². The third kappa shape index (κ3) is 3.79. The van der Waals surface area contributed by atoms with Crippen molar-refractivity contribution in [1.82, 2.24) is 15.3 Å². The quantitative estimate of drug-likeness (QED) is 0.884. The van der Waals surface area contributed by atoms with E-state index in [1.807, 2.05) is 13.0 Å². The van der Waals surface area contributed by atoms with Gasteiger partial charge in [-0.1, -0.05) is 19.1 Å². The molecule has 1 amide bonds. The summed E-state index contributed by atoms with van der Waals surface area (Å²) in [5, 5.41) is 14.9. The zero-order valence-corrected chi connectivity index (χ0v) is 12.6. The van der Waals surface area contributed by atoms with Crippen LogP contribution in [0.2, 0.25) is 0 Å². The maximum atomic E-state index is 12.0. The second kappa shape index (κ2) is 7.18. The Labute approximate surface area is 129 Å². The molecular formula is C16H17N5O. The summed E-state index contributed by atoms with van der Waals surface area (Å²) in [6, 6.07) is 10.8. The molecule has 112 valence electrons. The molecule has 0 saturated carbocycles. The maximum Gasteiger partial charge on any atom is 0.270 e. The standard InChI is InChI=1S/C16H17N5O/c1-3-8-18-15(22)14-9-11(2)19-16(21-14)20-13-7-5-4-6-12(13)10-17/h4-7,9H,3,8H2,1-2H3,(H,18,22)(H,19,20,21). The van der Waals surface area contributed by atoms with Gasteiger partial charge in [0, 0.05) is 12.2 Å². The molecule has 0 unspecified atom stereocenters. The minimum absolute atomic E-state index is 0.232. The Hall–Kier alpha value is -2.94. The average Bonchev–Trinajstić information content (AvgIpc) is 2.52. The number of anilines is 2. The summed E-state index contributed by atoms with van der Waals surface area (Å²) in [6.45, 7) is 4.37. The Morgan fingerprint density at radius 1 is 1.32 bits per heavy atom. The van der Waals surface area contributed by atoms with Gasteiger partial charge in [-0.15, -0.1) is 0 Å². The molecule has 2 N–H and O–H groups in total. The van der Waals surface area contributed by atoms with Crippen LogP contribution in [0, 0.1) is 18.3 Å². The Morgan fingerprint density at radius 2 is 2.09 bits per heavy atom. The van der Waals surface area contributed by atoms with Crippen LogP contribution < -0.4 is 10.6 Å². The smallest absolute Gasteiger partial charge is 0.270 e. The van der Waals surface area contributed by atoms with Crippen LogP contribution in [0.3, 0.4) is 0 Å². The number of nitrogens with one attached hydrogen (secondary N) is 2. The second-order valence-corrected chi connectivity index (χ2v) is 4.76. The van der Waals surface area contributed by atoms with Gasteiger partial charge in [0.05, 0.1) is 11.3 Å². The first-order valence-electron chi connectivity index (χ1n) is 7.04. The fourth-order valence-electron chi connectivity index (χ4n) is 1.88. The topological polar surface area (TPSA) is 90.7 Å². The number of benzene rings is 1. The Balaban J connectivity index is 2.27. The third-order valence-corrected chi connectivity index (χ3v) is 2.92. The number of nitrogens with zero attached hydrogens (tertiary/aromatic N) is 3. The molecule has 0 aliphatic heterocycles. The Kier molecular flexibility index (Phi) is 5.04. The van der Waals surface area contributed by atoms with Crippen LogP contribution in [0.1, 0.15) is 35.1 Å². The van der Waals surface area contributed by atoms with E-state index in [4.69, 9.17) is 5.26 Å². The molecule has 0 spiro atoms. The SMILES string of the molecule is CCCNC(=O)c1cc(C)nc(Nc2ccccc2C#N)n1. The lowest BCUT2D eigenvalue weighted by Crippen LogP contribution is -2.25. The first kappa shape index (κ1) is 15.4. The first-order valence-corrected chi connectivity index (χ1v) is 7.04. The third-order valence-electron chi connectivity index (χ3n) is 2.92. The second-order valence-electron chi connectivity index (χ2n) is 4.76. The molecule has 0 aliphatic rings. The fourth-order valence-corrected chi connectivity index (χ4v) is 1.88. The number of hydrogen-bond donors (Lipinski definition) is 2. The summed E-state index contributed by atoms with van der Waals surface area (Å²) in [6.07, 6.45) is 0.858. The molecule has 1 heterocycles. The summed E-state index contributed by atoms with van der Waals surface area (Å²) >= 11 is 0. The summed E-state index contributed by atoms with van der Waals surface area (Å²) in [4.78, 5) is 20.5. The van der Waals surface area contributed by atoms with Crippen molar-refractivity contribution < 1.29 is 4.79 Å². The summed E-state index contributed by atoms with van der Waals surface area (Å²) in [7, 11) is 0. The fraction of sp³-hybridized carbons (Fsp3) is 0.250. The first-order chi connectivity index (χ1) is 10.6. The van der Waals surface area contributed by atoms with Crippen molar-refractivity contribution in [2.24, 2.45) is 0 Å². The van der Waals surface area contributed by atoms with Gasteiger partial charge in [-0.25, -0.2) is 9.97 Å². The van der Waals surface area contributed by atoms with E-state index in [0.29, 0.717) is 35.1 Å². The van der Waals surface area contributed by atoms with Crippen molar-refractivity contribution >= 4 is 17.5 Å². The van der Waals surface area contributed by atoms with Gasteiger partial charge in [-0.3, -0.25) is 4.79 Å². The number of amides is 1. The van der Waals surface area contributed by atoms with Crippen molar-refractivity contribution in [3.63, 3.8) is 0 Å². The summed E-state index contributed by atoms with van der Waals surface area (Å²) in [5.74, 6) is 0.0633. The highest BCUT2D eigenvalue weighted by Gasteiger charge is 2.11. The molecule has 1 aromatic carbocycles. The van der Waals surface area contributed by atoms with Gasteiger partial charge >= 0.3 is 0 Å². The normalized spacial score (nSPS) is 9.86. The zero-order valence-electron chi connectivity index (χ0n) is 12.6. The van der Waals surface area contributed by atoms with E-state index in [1.54, 1.807) is 31.2 Å². The van der Waals surface area contributed by atoms with Crippen LogP contribution in [0.15, 0.2) is 30.3 Å². The number of rotatable bonds is 5. The number of nitriles is 1. The number of carbonyl (C=O) groups excluding carboxylic acids is 1. The van der Waals surface area contributed by atoms with E-state index in [1.165, 1.54) is 0 Å². The lowest BCUT2D eigenvalue weighted by Gasteiger charge is -2.09. The van der Waals surface area contributed by atoms with Gasteiger partial charge in [-0.2, -0.15) is 5.26 Å². The van der Waals surface area contributed by atoms with Gasteiger partial charge in [0.25, 0.3) is 5.91 Å². The molecule has 0 radical (unpaired) electrons. The van der Waals surface area contributed by atoms with Crippen molar-refractivity contribution in [2.45, 2.75) is 20.3 Å². The lowest BCUT2D eigenvalue weighted by atomic mass is 10.2. The predicted octanol–water partition coefficient (Wildman–Crippen LogP) is 2.54. The molecule has 1 aromatic heterocycles. The van der Waals surface area contributed by atoms with E-state index >= 15 is 0 Å². The van der Waals surface area contributed by atoms with Crippen molar-refractivity contribution in [3.05, 3.63) is 47.3 Å². The van der Waals surface area contributed by atoms with Crippen LogP contribution in [-0.4, -0.2) is 22.4 Å². The van der Waals surface area contributed by atoms with Crippen molar-refractivity contribution in [1.29, 1.82) is 5.26 Å². The van der Waals surface area contributed by atoms with E-state index in [9.17, 15) is 4.79 Å². The van der Waals surface area contributed by atoms with Crippen LogP contribution in [0.25, 0.3) is 0 Å². The molecule has 2 aromatic rings. The predicted molar refractivity (Wildman–Crippen MR) is 83.8 cm³/mol.